The molecule has 0 spiro atoms. The highest BCUT2D eigenvalue weighted by Crippen LogP contribution is 2.20. The molecule has 2 rings (SSSR count). The molecule has 0 saturated carbocycles. The third-order valence-electron chi connectivity index (χ3n) is 3.96. The SMILES string of the molecule is CCCCc1ccc(S(=O)(=O)NC(CC)c2ccccc2)cc1. The van der Waals surface area contributed by atoms with Gasteiger partial charge < -0.3 is 0 Å². The summed E-state index contributed by atoms with van der Waals surface area (Å²) in [5.41, 5.74) is 2.17. The van der Waals surface area contributed by atoms with E-state index in [1.165, 1.54) is 5.56 Å². The summed E-state index contributed by atoms with van der Waals surface area (Å²) in [4.78, 5) is 0.326. The minimum absolute atomic E-state index is 0.207. The van der Waals surface area contributed by atoms with Crippen molar-refractivity contribution in [3.63, 3.8) is 0 Å². The van der Waals surface area contributed by atoms with Gasteiger partial charge in [-0.1, -0.05) is 62.7 Å². The third kappa shape index (κ3) is 4.91. The van der Waals surface area contributed by atoms with Gasteiger partial charge in [-0.3, -0.25) is 0 Å². The van der Waals surface area contributed by atoms with Crippen LogP contribution >= 0.6 is 0 Å². The number of unbranched alkanes of at least 4 members (excludes halogenated alkanes) is 1. The van der Waals surface area contributed by atoms with Crippen LogP contribution in [0.15, 0.2) is 59.5 Å². The molecule has 1 N–H and O–H groups in total. The van der Waals surface area contributed by atoms with E-state index in [2.05, 4.69) is 11.6 Å². The van der Waals surface area contributed by atoms with Crippen LogP contribution in [-0.4, -0.2) is 8.42 Å². The molecule has 0 heterocycles. The fourth-order valence-electron chi connectivity index (χ4n) is 2.54. The molecule has 0 radical (unpaired) electrons. The van der Waals surface area contributed by atoms with Gasteiger partial charge in [0.05, 0.1) is 4.90 Å². The van der Waals surface area contributed by atoms with Crippen LogP contribution in [0.2, 0.25) is 0 Å². The van der Waals surface area contributed by atoms with Gasteiger partial charge in [-0.15, -0.1) is 0 Å². The highest BCUT2D eigenvalue weighted by molar-refractivity contribution is 7.89. The maximum Gasteiger partial charge on any atom is 0.241 e. The van der Waals surface area contributed by atoms with Crippen molar-refractivity contribution in [2.75, 3.05) is 0 Å². The normalized spacial score (nSPS) is 13.0. The van der Waals surface area contributed by atoms with Crippen LogP contribution in [0.25, 0.3) is 0 Å². The number of nitrogens with one attached hydrogen (secondary N) is 1. The maximum absolute atomic E-state index is 12.6. The predicted octanol–water partition coefficient (Wildman–Crippen LogP) is 4.46. The van der Waals surface area contributed by atoms with Gasteiger partial charge in [-0.05, 0) is 42.5 Å². The number of rotatable bonds is 8. The topological polar surface area (TPSA) is 46.2 Å². The fourth-order valence-corrected chi connectivity index (χ4v) is 3.85. The second kappa shape index (κ2) is 8.27. The molecule has 0 aliphatic rings. The van der Waals surface area contributed by atoms with Crippen LogP contribution in [0, 0.1) is 0 Å². The molecule has 0 aliphatic heterocycles. The number of hydrogen-bond donors (Lipinski definition) is 1. The lowest BCUT2D eigenvalue weighted by Gasteiger charge is -2.17. The summed E-state index contributed by atoms with van der Waals surface area (Å²) >= 11 is 0. The Morgan fingerprint density at radius 3 is 2.17 bits per heavy atom. The molecule has 0 amide bonds. The Morgan fingerprint density at radius 2 is 1.61 bits per heavy atom. The Bertz CT molecular complexity index is 694. The van der Waals surface area contributed by atoms with Crippen molar-refractivity contribution in [1.82, 2.24) is 4.72 Å². The Hall–Kier alpha value is -1.65. The van der Waals surface area contributed by atoms with Crippen molar-refractivity contribution in [1.29, 1.82) is 0 Å². The standard InChI is InChI=1S/C19H25NO2S/c1-3-5-9-16-12-14-18(15-13-16)23(21,22)20-19(4-2)17-10-7-6-8-11-17/h6-8,10-15,19-20H,3-5,9H2,1-2H3. The van der Waals surface area contributed by atoms with Crippen LogP contribution in [0.4, 0.5) is 0 Å². The third-order valence-corrected chi connectivity index (χ3v) is 5.45. The van der Waals surface area contributed by atoms with E-state index in [1.54, 1.807) is 12.1 Å². The molecule has 3 nitrogen and oxygen atoms in total. The molecule has 1 unspecified atom stereocenters. The minimum atomic E-state index is -3.51. The summed E-state index contributed by atoms with van der Waals surface area (Å²) in [7, 11) is -3.51. The zero-order valence-corrected chi connectivity index (χ0v) is 14.6. The van der Waals surface area contributed by atoms with Crippen LogP contribution in [0.3, 0.4) is 0 Å². The van der Waals surface area contributed by atoms with Gasteiger partial charge in [0.15, 0.2) is 0 Å². The first kappa shape index (κ1) is 17.7. The van der Waals surface area contributed by atoms with Gasteiger partial charge in [0.1, 0.15) is 0 Å². The van der Waals surface area contributed by atoms with Crippen molar-refractivity contribution < 1.29 is 8.42 Å². The number of benzene rings is 2. The van der Waals surface area contributed by atoms with Gasteiger partial charge in [-0.25, -0.2) is 13.1 Å². The van der Waals surface area contributed by atoms with Gasteiger partial charge in [-0.2, -0.15) is 0 Å². The first-order valence-corrected chi connectivity index (χ1v) is 9.71. The van der Waals surface area contributed by atoms with E-state index in [1.807, 2.05) is 49.4 Å². The summed E-state index contributed by atoms with van der Waals surface area (Å²) in [6.45, 7) is 4.13. The Labute approximate surface area is 139 Å². The molecule has 2 aromatic rings. The second-order valence-electron chi connectivity index (χ2n) is 5.74. The molecule has 0 fully saturated rings. The Morgan fingerprint density at radius 1 is 0.957 bits per heavy atom. The summed E-state index contributed by atoms with van der Waals surface area (Å²) < 4.78 is 28.0. The first-order chi connectivity index (χ1) is 11.1. The summed E-state index contributed by atoms with van der Waals surface area (Å²) in [5, 5.41) is 0. The molecular weight excluding hydrogens is 306 g/mol. The lowest BCUT2D eigenvalue weighted by Crippen LogP contribution is -2.28. The lowest BCUT2D eigenvalue weighted by molar-refractivity contribution is 0.550. The molecule has 23 heavy (non-hydrogen) atoms. The Balaban J connectivity index is 2.14. The predicted molar refractivity (Wildman–Crippen MR) is 94.8 cm³/mol. The van der Waals surface area contributed by atoms with Gasteiger partial charge in [0.25, 0.3) is 0 Å². The van der Waals surface area contributed by atoms with Gasteiger partial charge in [0.2, 0.25) is 10.0 Å². The second-order valence-corrected chi connectivity index (χ2v) is 7.45. The first-order valence-electron chi connectivity index (χ1n) is 8.23. The lowest BCUT2D eigenvalue weighted by atomic mass is 10.1. The smallest absolute Gasteiger partial charge is 0.207 e. The average Bonchev–Trinajstić information content (AvgIpc) is 2.59. The number of hydrogen-bond acceptors (Lipinski definition) is 2. The van der Waals surface area contributed by atoms with E-state index < -0.39 is 10.0 Å². The molecule has 0 saturated heterocycles. The van der Waals surface area contributed by atoms with Crippen molar-refractivity contribution >= 4 is 10.0 Å². The molecule has 1 atom stereocenters. The molecule has 124 valence electrons. The van der Waals surface area contributed by atoms with Crippen molar-refractivity contribution in [3.05, 3.63) is 65.7 Å². The zero-order valence-electron chi connectivity index (χ0n) is 13.8. The van der Waals surface area contributed by atoms with Gasteiger partial charge in [0, 0.05) is 6.04 Å². The van der Waals surface area contributed by atoms with E-state index in [4.69, 9.17) is 0 Å². The van der Waals surface area contributed by atoms with Crippen molar-refractivity contribution in [2.45, 2.75) is 50.5 Å². The van der Waals surface area contributed by atoms with Crippen LogP contribution in [-0.2, 0) is 16.4 Å². The molecule has 0 bridgehead atoms. The molecule has 0 aliphatic carbocycles. The van der Waals surface area contributed by atoms with E-state index in [9.17, 15) is 8.42 Å². The van der Waals surface area contributed by atoms with Crippen molar-refractivity contribution in [3.8, 4) is 0 Å². The molecule has 2 aromatic carbocycles. The highest BCUT2D eigenvalue weighted by atomic mass is 32.2. The van der Waals surface area contributed by atoms with E-state index in [-0.39, 0.29) is 6.04 Å². The monoisotopic (exact) mass is 331 g/mol. The van der Waals surface area contributed by atoms with Gasteiger partial charge >= 0.3 is 0 Å². The molecule has 4 heteroatoms. The quantitative estimate of drug-likeness (QED) is 0.776. The number of aryl methyl sites for hydroxylation is 1. The Kier molecular flexibility index (Phi) is 6.37. The molecule has 0 aromatic heterocycles. The zero-order chi connectivity index (χ0) is 16.7. The molecular formula is C19H25NO2S. The maximum atomic E-state index is 12.6. The van der Waals surface area contributed by atoms with Crippen molar-refractivity contribution in [2.24, 2.45) is 0 Å². The van der Waals surface area contributed by atoms with Crippen LogP contribution < -0.4 is 4.72 Å². The summed E-state index contributed by atoms with van der Waals surface area (Å²) in [6, 6.07) is 16.7. The van der Waals surface area contributed by atoms with Crippen LogP contribution in [0.5, 0.6) is 0 Å². The summed E-state index contributed by atoms with van der Waals surface area (Å²) in [6.07, 6.45) is 3.96. The van der Waals surface area contributed by atoms with E-state index in [0.29, 0.717) is 11.3 Å². The van der Waals surface area contributed by atoms with E-state index >= 15 is 0 Å². The average molecular weight is 331 g/mol. The van der Waals surface area contributed by atoms with Crippen LogP contribution in [0.1, 0.15) is 50.3 Å². The summed E-state index contributed by atoms with van der Waals surface area (Å²) in [5.74, 6) is 0. The largest absolute Gasteiger partial charge is 0.241 e. The highest BCUT2D eigenvalue weighted by Gasteiger charge is 2.20. The fraction of sp³-hybridized carbons (Fsp3) is 0.368. The van der Waals surface area contributed by atoms with E-state index in [0.717, 1.165) is 24.8 Å². The minimum Gasteiger partial charge on any atom is -0.207 e. The number of sulfonamides is 1.